The molecule has 4 nitrogen and oxygen atoms in total. The van der Waals surface area contributed by atoms with Crippen LogP contribution < -0.4 is 5.32 Å². The van der Waals surface area contributed by atoms with E-state index >= 15 is 0 Å². The molecule has 0 heterocycles. The van der Waals surface area contributed by atoms with Gasteiger partial charge in [-0.25, -0.2) is 4.79 Å². The predicted molar refractivity (Wildman–Crippen MR) is 52.6 cm³/mol. The first-order valence-corrected chi connectivity index (χ1v) is 4.89. The van der Waals surface area contributed by atoms with E-state index in [0.717, 1.165) is 25.9 Å². The molecule has 0 unspecified atom stereocenters. The maximum absolute atomic E-state index is 11.3. The van der Waals surface area contributed by atoms with Crippen molar-refractivity contribution in [3.05, 3.63) is 0 Å². The van der Waals surface area contributed by atoms with Crippen LogP contribution in [0, 0.1) is 0 Å². The lowest BCUT2D eigenvalue weighted by molar-refractivity contribution is 0.202. The molecule has 0 aliphatic heterocycles. The number of amides is 2. The van der Waals surface area contributed by atoms with E-state index < -0.39 is 0 Å². The predicted octanol–water partition coefficient (Wildman–Crippen LogP) is 0.810. The molecular weight excluding hydrogens is 168 g/mol. The van der Waals surface area contributed by atoms with Crippen LogP contribution in [0.2, 0.25) is 0 Å². The summed E-state index contributed by atoms with van der Waals surface area (Å²) in [4.78, 5) is 13.1. The maximum Gasteiger partial charge on any atom is 0.317 e. The van der Waals surface area contributed by atoms with Crippen molar-refractivity contribution < 1.29 is 9.90 Å². The highest BCUT2D eigenvalue weighted by Crippen LogP contribution is 1.89. The first-order valence-electron chi connectivity index (χ1n) is 4.89. The number of nitrogens with zero attached hydrogens (tertiary/aromatic N) is 1. The van der Waals surface area contributed by atoms with E-state index in [4.69, 9.17) is 5.11 Å². The Morgan fingerprint density at radius 2 is 1.92 bits per heavy atom. The Morgan fingerprint density at radius 1 is 1.31 bits per heavy atom. The zero-order chi connectivity index (χ0) is 10.1. The Morgan fingerprint density at radius 3 is 2.38 bits per heavy atom. The van der Waals surface area contributed by atoms with E-state index in [1.807, 2.05) is 13.8 Å². The van der Waals surface area contributed by atoms with Gasteiger partial charge in [0.2, 0.25) is 0 Å². The van der Waals surface area contributed by atoms with Crippen LogP contribution in [0.1, 0.15) is 26.7 Å². The van der Waals surface area contributed by atoms with Crippen LogP contribution in [0.3, 0.4) is 0 Å². The number of rotatable bonds is 6. The van der Waals surface area contributed by atoms with E-state index in [1.54, 1.807) is 4.90 Å². The Kier molecular flexibility index (Phi) is 7.39. The van der Waals surface area contributed by atoms with Crippen LogP contribution in [0.15, 0.2) is 0 Å². The third-order valence-corrected chi connectivity index (χ3v) is 1.91. The van der Waals surface area contributed by atoms with Gasteiger partial charge >= 0.3 is 6.03 Å². The molecule has 0 saturated carbocycles. The molecule has 13 heavy (non-hydrogen) atoms. The highest BCUT2D eigenvalue weighted by atomic mass is 16.3. The van der Waals surface area contributed by atoms with Gasteiger partial charge in [0.1, 0.15) is 0 Å². The summed E-state index contributed by atoms with van der Waals surface area (Å²) in [7, 11) is 0. The van der Waals surface area contributed by atoms with Gasteiger partial charge in [0.15, 0.2) is 0 Å². The molecule has 0 aromatic carbocycles. The van der Waals surface area contributed by atoms with Crippen LogP contribution in [0.4, 0.5) is 4.79 Å². The zero-order valence-corrected chi connectivity index (χ0v) is 8.55. The first kappa shape index (κ1) is 12.2. The number of nitrogens with one attached hydrogen (secondary N) is 1. The fourth-order valence-electron chi connectivity index (χ4n) is 1.05. The van der Waals surface area contributed by atoms with Crippen molar-refractivity contribution in [1.29, 1.82) is 0 Å². The molecule has 0 rings (SSSR count). The Balaban J connectivity index is 3.48. The Hall–Kier alpha value is -0.770. The lowest BCUT2D eigenvalue weighted by Crippen LogP contribution is -2.40. The molecule has 78 valence electrons. The van der Waals surface area contributed by atoms with Crippen LogP contribution >= 0.6 is 0 Å². The summed E-state index contributed by atoms with van der Waals surface area (Å²) in [6.07, 6.45) is 1.59. The molecule has 0 aromatic rings. The van der Waals surface area contributed by atoms with Gasteiger partial charge in [0.05, 0.1) is 0 Å². The summed E-state index contributed by atoms with van der Waals surface area (Å²) < 4.78 is 0. The summed E-state index contributed by atoms with van der Waals surface area (Å²) >= 11 is 0. The summed E-state index contributed by atoms with van der Waals surface area (Å²) in [6.45, 7) is 6.23. The molecule has 0 aliphatic carbocycles. The monoisotopic (exact) mass is 188 g/mol. The normalized spacial score (nSPS) is 9.77. The van der Waals surface area contributed by atoms with Gasteiger partial charge in [-0.15, -0.1) is 0 Å². The van der Waals surface area contributed by atoms with Crippen molar-refractivity contribution >= 4 is 6.03 Å². The maximum atomic E-state index is 11.3. The largest absolute Gasteiger partial charge is 0.396 e. The average molecular weight is 188 g/mol. The number of hydrogen-bond donors (Lipinski definition) is 2. The number of hydrogen-bond acceptors (Lipinski definition) is 2. The van der Waals surface area contributed by atoms with E-state index in [9.17, 15) is 4.79 Å². The van der Waals surface area contributed by atoms with Crippen molar-refractivity contribution in [2.45, 2.75) is 26.7 Å². The summed E-state index contributed by atoms with van der Waals surface area (Å²) in [6, 6.07) is -0.0112. The number of aliphatic hydroxyl groups is 1. The standard InChI is InChI=1S/C9H20N2O2/c1-3-11(4-2)9(13)10-7-5-6-8-12/h12H,3-8H2,1-2H3,(H,10,13). The molecule has 0 aromatic heterocycles. The minimum atomic E-state index is -0.0112. The first-order chi connectivity index (χ1) is 6.26. The molecule has 0 atom stereocenters. The van der Waals surface area contributed by atoms with Gasteiger partial charge in [0.25, 0.3) is 0 Å². The summed E-state index contributed by atoms with van der Waals surface area (Å²) in [5, 5.41) is 11.3. The number of carbonyl (C=O) groups excluding carboxylic acids is 1. The second kappa shape index (κ2) is 7.86. The fraction of sp³-hybridized carbons (Fsp3) is 0.889. The molecule has 2 N–H and O–H groups in total. The van der Waals surface area contributed by atoms with Gasteiger partial charge in [-0.1, -0.05) is 0 Å². The van der Waals surface area contributed by atoms with Crippen molar-refractivity contribution in [1.82, 2.24) is 10.2 Å². The zero-order valence-electron chi connectivity index (χ0n) is 8.55. The number of carbonyl (C=O) groups is 1. The topological polar surface area (TPSA) is 52.6 Å². The van der Waals surface area contributed by atoms with Crippen LogP contribution in [-0.4, -0.2) is 42.3 Å². The van der Waals surface area contributed by atoms with Crippen LogP contribution in [-0.2, 0) is 0 Å². The third-order valence-electron chi connectivity index (χ3n) is 1.91. The molecule has 0 radical (unpaired) electrons. The fourth-order valence-corrected chi connectivity index (χ4v) is 1.05. The van der Waals surface area contributed by atoms with Crippen molar-refractivity contribution in [3.8, 4) is 0 Å². The molecule has 4 heteroatoms. The van der Waals surface area contributed by atoms with Crippen molar-refractivity contribution in [2.75, 3.05) is 26.2 Å². The molecule has 0 spiro atoms. The SMILES string of the molecule is CCN(CC)C(=O)NCCCCO. The highest BCUT2D eigenvalue weighted by Gasteiger charge is 2.06. The van der Waals surface area contributed by atoms with Gasteiger partial charge in [-0.05, 0) is 26.7 Å². The summed E-state index contributed by atoms with van der Waals surface area (Å²) in [5.41, 5.74) is 0. The quantitative estimate of drug-likeness (QED) is 0.606. The number of unbranched alkanes of at least 4 members (excludes halogenated alkanes) is 1. The average Bonchev–Trinajstić information content (AvgIpc) is 2.14. The molecule has 0 saturated heterocycles. The van der Waals surface area contributed by atoms with E-state index in [-0.39, 0.29) is 12.6 Å². The molecule has 0 bridgehead atoms. The molecular formula is C9H20N2O2. The smallest absolute Gasteiger partial charge is 0.317 e. The molecule has 2 amide bonds. The lowest BCUT2D eigenvalue weighted by Gasteiger charge is -2.18. The lowest BCUT2D eigenvalue weighted by atomic mass is 10.3. The second-order valence-corrected chi connectivity index (χ2v) is 2.83. The minimum Gasteiger partial charge on any atom is -0.396 e. The van der Waals surface area contributed by atoms with Gasteiger partial charge in [-0.2, -0.15) is 0 Å². The van der Waals surface area contributed by atoms with E-state index in [0.29, 0.717) is 6.54 Å². The Labute approximate surface area is 79.9 Å². The summed E-state index contributed by atoms with van der Waals surface area (Å²) in [5.74, 6) is 0. The Bertz CT molecular complexity index is 136. The van der Waals surface area contributed by atoms with Gasteiger partial charge in [0, 0.05) is 26.2 Å². The highest BCUT2D eigenvalue weighted by molar-refractivity contribution is 5.73. The van der Waals surface area contributed by atoms with E-state index in [2.05, 4.69) is 5.32 Å². The van der Waals surface area contributed by atoms with Crippen molar-refractivity contribution in [3.63, 3.8) is 0 Å². The third kappa shape index (κ3) is 5.47. The van der Waals surface area contributed by atoms with Gasteiger partial charge in [-0.3, -0.25) is 0 Å². The van der Waals surface area contributed by atoms with Crippen molar-refractivity contribution in [2.24, 2.45) is 0 Å². The second-order valence-electron chi connectivity index (χ2n) is 2.83. The molecule has 0 fully saturated rings. The van der Waals surface area contributed by atoms with E-state index in [1.165, 1.54) is 0 Å². The number of urea groups is 1. The number of aliphatic hydroxyl groups excluding tert-OH is 1. The van der Waals surface area contributed by atoms with Crippen LogP contribution in [0.5, 0.6) is 0 Å². The van der Waals surface area contributed by atoms with Crippen LogP contribution in [0.25, 0.3) is 0 Å². The molecule has 0 aliphatic rings. The minimum absolute atomic E-state index is 0.0112. The van der Waals surface area contributed by atoms with Gasteiger partial charge < -0.3 is 15.3 Å².